The van der Waals surface area contributed by atoms with Gasteiger partial charge < -0.3 is 15.0 Å². The first-order valence-electron chi connectivity index (χ1n) is 6.72. The number of carbonyl (C=O) groups excluding carboxylic acids is 1. The Bertz CT molecular complexity index is 680. The number of aliphatic carboxylic acids is 1. The second-order valence-electron chi connectivity index (χ2n) is 5.18. The molecule has 1 heterocycles. The van der Waals surface area contributed by atoms with Crippen molar-refractivity contribution in [1.29, 1.82) is 0 Å². The van der Waals surface area contributed by atoms with E-state index >= 15 is 0 Å². The van der Waals surface area contributed by atoms with Gasteiger partial charge in [-0.2, -0.15) is 0 Å². The predicted molar refractivity (Wildman–Crippen MR) is 85.0 cm³/mol. The molecule has 0 aliphatic carbocycles. The first kappa shape index (κ1) is 16.2. The minimum absolute atomic E-state index is 0.176. The van der Waals surface area contributed by atoms with Crippen molar-refractivity contribution in [1.82, 2.24) is 14.9 Å². The number of carbonyl (C=O) groups is 2. The second kappa shape index (κ2) is 6.74. The molecule has 1 aromatic heterocycles. The summed E-state index contributed by atoms with van der Waals surface area (Å²) < 4.78 is 2.66. The van der Waals surface area contributed by atoms with Crippen LogP contribution in [-0.2, 0) is 4.79 Å². The van der Waals surface area contributed by atoms with Crippen LogP contribution in [0.3, 0.4) is 0 Å². The number of imidazole rings is 1. The number of nitrogens with one attached hydrogen (secondary N) is 1. The van der Waals surface area contributed by atoms with E-state index in [1.165, 1.54) is 6.33 Å². The summed E-state index contributed by atoms with van der Waals surface area (Å²) in [5.74, 6) is -1.78. The summed E-state index contributed by atoms with van der Waals surface area (Å²) >= 11 is 3.36. The van der Waals surface area contributed by atoms with Gasteiger partial charge in [0.1, 0.15) is 18.1 Å². The van der Waals surface area contributed by atoms with Gasteiger partial charge in [-0.3, -0.25) is 4.79 Å². The summed E-state index contributed by atoms with van der Waals surface area (Å²) in [5.41, 5.74) is 1.03. The van der Waals surface area contributed by atoms with Gasteiger partial charge >= 0.3 is 5.97 Å². The molecule has 116 valence electrons. The Morgan fingerprint density at radius 3 is 2.45 bits per heavy atom. The summed E-state index contributed by atoms with van der Waals surface area (Å²) in [7, 11) is 0. The highest BCUT2D eigenvalue weighted by Crippen LogP contribution is 2.14. The molecule has 2 aromatic rings. The maximum Gasteiger partial charge on any atom is 0.326 e. The molecule has 0 unspecified atom stereocenters. The van der Waals surface area contributed by atoms with Gasteiger partial charge in [-0.15, -0.1) is 0 Å². The van der Waals surface area contributed by atoms with Crippen LogP contribution in [0.1, 0.15) is 24.3 Å². The molecular formula is C15H16BrN3O3. The van der Waals surface area contributed by atoms with E-state index in [9.17, 15) is 9.59 Å². The van der Waals surface area contributed by atoms with E-state index in [-0.39, 0.29) is 11.6 Å². The van der Waals surface area contributed by atoms with E-state index in [0.29, 0.717) is 0 Å². The monoisotopic (exact) mass is 365 g/mol. The van der Waals surface area contributed by atoms with Gasteiger partial charge in [-0.1, -0.05) is 29.8 Å². The van der Waals surface area contributed by atoms with Crippen molar-refractivity contribution in [2.24, 2.45) is 5.92 Å². The number of hydrogen-bond acceptors (Lipinski definition) is 3. The van der Waals surface area contributed by atoms with Crippen molar-refractivity contribution >= 4 is 27.8 Å². The van der Waals surface area contributed by atoms with Crippen LogP contribution < -0.4 is 5.32 Å². The summed E-state index contributed by atoms with van der Waals surface area (Å²) in [6.45, 7) is 3.47. The van der Waals surface area contributed by atoms with Crippen molar-refractivity contribution < 1.29 is 14.7 Å². The van der Waals surface area contributed by atoms with Crippen molar-refractivity contribution in [3.05, 3.63) is 47.0 Å². The lowest BCUT2D eigenvalue weighted by Gasteiger charge is -2.16. The number of rotatable bonds is 5. The molecule has 0 saturated carbocycles. The Hall–Kier alpha value is -2.15. The van der Waals surface area contributed by atoms with Crippen molar-refractivity contribution in [3.8, 4) is 5.69 Å². The van der Waals surface area contributed by atoms with Gasteiger partial charge in [0.2, 0.25) is 0 Å². The van der Waals surface area contributed by atoms with Gasteiger partial charge in [0, 0.05) is 16.4 Å². The summed E-state index contributed by atoms with van der Waals surface area (Å²) in [5, 5.41) is 11.6. The fraction of sp³-hybridized carbons (Fsp3) is 0.267. The molecule has 0 saturated heterocycles. The van der Waals surface area contributed by atoms with Gasteiger partial charge in [0.15, 0.2) is 0 Å². The third kappa shape index (κ3) is 3.73. The van der Waals surface area contributed by atoms with Crippen LogP contribution >= 0.6 is 15.9 Å². The molecule has 0 radical (unpaired) electrons. The number of amides is 1. The molecule has 0 bridgehead atoms. The SMILES string of the molecule is CC(C)[C@@H](NC(=O)c1cn(-c2ccc(Br)cc2)cn1)C(=O)O. The van der Waals surface area contributed by atoms with E-state index in [0.717, 1.165) is 10.2 Å². The Kier molecular flexibility index (Phi) is 4.97. The summed E-state index contributed by atoms with van der Waals surface area (Å²) in [4.78, 5) is 27.3. The van der Waals surface area contributed by atoms with Crippen LogP contribution in [0.2, 0.25) is 0 Å². The molecule has 1 aromatic carbocycles. The van der Waals surface area contributed by atoms with Gasteiger partial charge in [-0.05, 0) is 30.2 Å². The van der Waals surface area contributed by atoms with Crippen LogP contribution in [0.5, 0.6) is 0 Å². The molecule has 1 amide bonds. The van der Waals surface area contributed by atoms with E-state index in [1.54, 1.807) is 24.6 Å². The average molecular weight is 366 g/mol. The fourth-order valence-electron chi connectivity index (χ4n) is 1.92. The van der Waals surface area contributed by atoms with Crippen molar-refractivity contribution in [3.63, 3.8) is 0 Å². The smallest absolute Gasteiger partial charge is 0.326 e. The molecule has 2 rings (SSSR count). The number of carboxylic acids is 1. The minimum atomic E-state index is -1.06. The van der Waals surface area contributed by atoms with Gasteiger partial charge in [0.25, 0.3) is 5.91 Å². The first-order valence-corrected chi connectivity index (χ1v) is 7.51. The van der Waals surface area contributed by atoms with E-state index < -0.39 is 17.9 Å². The molecular weight excluding hydrogens is 350 g/mol. The molecule has 0 aliphatic rings. The molecule has 0 aliphatic heterocycles. The topological polar surface area (TPSA) is 84.2 Å². The van der Waals surface area contributed by atoms with Crippen LogP contribution in [0.25, 0.3) is 5.69 Å². The molecule has 22 heavy (non-hydrogen) atoms. The van der Waals surface area contributed by atoms with Crippen molar-refractivity contribution in [2.75, 3.05) is 0 Å². The van der Waals surface area contributed by atoms with Crippen LogP contribution in [0, 0.1) is 5.92 Å². The van der Waals surface area contributed by atoms with Gasteiger partial charge in [-0.25, -0.2) is 9.78 Å². The maximum atomic E-state index is 12.1. The quantitative estimate of drug-likeness (QED) is 0.852. The molecule has 0 fully saturated rings. The number of hydrogen-bond donors (Lipinski definition) is 2. The molecule has 2 N–H and O–H groups in total. The Labute approximate surface area is 136 Å². The van der Waals surface area contributed by atoms with Crippen LogP contribution in [0.15, 0.2) is 41.3 Å². The third-order valence-corrected chi connectivity index (χ3v) is 3.69. The normalized spacial score (nSPS) is 12.2. The standard InChI is InChI=1S/C15H16BrN3O3/c1-9(2)13(15(21)22)18-14(20)12-7-19(8-17-12)11-5-3-10(16)4-6-11/h3-9,13H,1-2H3,(H,18,20)(H,21,22)/t13-/m1/s1. The zero-order valence-corrected chi connectivity index (χ0v) is 13.7. The minimum Gasteiger partial charge on any atom is -0.480 e. The van der Waals surface area contributed by atoms with E-state index in [2.05, 4.69) is 26.2 Å². The zero-order valence-electron chi connectivity index (χ0n) is 12.2. The van der Waals surface area contributed by atoms with Crippen molar-refractivity contribution in [2.45, 2.75) is 19.9 Å². The van der Waals surface area contributed by atoms with E-state index in [4.69, 9.17) is 5.11 Å². The van der Waals surface area contributed by atoms with E-state index in [1.807, 2.05) is 24.3 Å². The number of benzene rings is 1. The highest BCUT2D eigenvalue weighted by Gasteiger charge is 2.24. The second-order valence-corrected chi connectivity index (χ2v) is 6.09. The van der Waals surface area contributed by atoms with Crippen LogP contribution in [-0.4, -0.2) is 32.6 Å². The fourth-order valence-corrected chi connectivity index (χ4v) is 2.19. The zero-order chi connectivity index (χ0) is 16.3. The number of aromatic nitrogens is 2. The van der Waals surface area contributed by atoms with Crippen LogP contribution in [0.4, 0.5) is 0 Å². The maximum absolute atomic E-state index is 12.1. The molecule has 6 nitrogen and oxygen atoms in total. The largest absolute Gasteiger partial charge is 0.480 e. The summed E-state index contributed by atoms with van der Waals surface area (Å²) in [6.07, 6.45) is 3.08. The highest BCUT2D eigenvalue weighted by atomic mass is 79.9. The summed E-state index contributed by atoms with van der Waals surface area (Å²) in [6, 6.07) is 6.58. The first-order chi connectivity index (χ1) is 10.4. The Balaban J connectivity index is 2.15. The predicted octanol–water partition coefficient (Wildman–Crippen LogP) is 2.47. The molecule has 1 atom stereocenters. The molecule has 7 heteroatoms. The molecule has 0 spiro atoms. The lowest BCUT2D eigenvalue weighted by atomic mass is 10.0. The van der Waals surface area contributed by atoms with Gasteiger partial charge in [0.05, 0.1) is 0 Å². The highest BCUT2D eigenvalue weighted by molar-refractivity contribution is 9.10. The number of halogens is 1. The number of nitrogens with zero attached hydrogens (tertiary/aromatic N) is 2. The lowest BCUT2D eigenvalue weighted by Crippen LogP contribution is -2.44. The lowest BCUT2D eigenvalue weighted by molar-refractivity contribution is -0.140. The number of carboxylic acid groups (broad SMARTS) is 1. The Morgan fingerprint density at radius 1 is 1.27 bits per heavy atom. The average Bonchev–Trinajstić information content (AvgIpc) is 2.94. The Morgan fingerprint density at radius 2 is 1.91 bits per heavy atom. The third-order valence-electron chi connectivity index (χ3n) is 3.16.